The molecule has 1 N–H and O–H groups in total. The summed E-state index contributed by atoms with van der Waals surface area (Å²) < 4.78 is 10.9. The van der Waals surface area contributed by atoms with E-state index in [1.165, 1.54) is 38.6 Å². The van der Waals surface area contributed by atoms with Crippen LogP contribution < -0.4 is 5.32 Å². The number of fused-ring (bicyclic) bond motifs is 1. The average Bonchev–Trinajstić information content (AvgIpc) is 3.10. The molecule has 28 heavy (non-hydrogen) atoms. The Balaban J connectivity index is 2.00. The van der Waals surface area contributed by atoms with Gasteiger partial charge in [-0.25, -0.2) is 19.1 Å². The lowest BCUT2D eigenvalue weighted by Crippen LogP contribution is -2.14. The number of ether oxygens (including phenoxy) is 2. The Kier molecular flexibility index (Phi) is 5.08. The molecule has 2 heterocycles. The van der Waals surface area contributed by atoms with Gasteiger partial charge < -0.3 is 14.8 Å². The summed E-state index contributed by atoms with van der Waals surface area (Å²) in [5, 5.41) is 6.85. The number of amides is 1. The maximum atomic E-state index is 12.8. The highest BCUT2D eigenvalue weighted by molar-refractivity contribution is 6.09. The fraction of sp³-hybridized carbons (Fsp3) is 0.211. The zero-order valence-corrected chi connectivity index (χ0v) is 15.8. The van der Waals surface area contributed by atoms with Gasteiger partial charge in [-0.3, -0.25) is 4.79 Å². The molecule has 1 aromatic carbocycles. The molecule has 1 amide bonds. The summed E-state index contributed by atoms with van der Waals surface area (Å²) in [4.78, 5) is 40.9. The first-order valence-corrected chi connectivity index (χ1v) is 8.29. The second-order valence-corrected chi connectivity index (χ2v) is 6.07. The third kappa shape index (κ3) is 3.54. The van der Waals surface area contributed by atoms with Crippen molar-refractivity contribution >= 4 is 29.2 Å². The molecular formula is C19H18N4O5. The van der Waals surface area contributed by atoms with E-state index in [0.29, 0.717) is 5.65 Å². The molecule has 0 unspecified atom stereocenters. The van der Waals surface area contributed by atoms with Crippen molar-refractivity contribution in [1.82, 2.24) is 14.6 Å². The van der Waals surface area contributed by atoms with Gasteiger partial charge in [0, 0.05) is 17.1 Å². The van der Waals surface area contributed by atoms with Gasteiger partial charge in [0.15, 0.2) is 5.65 Å². The van der Waals surface area contributed by atoms with Crippen LogP contribution in [-0.4, -0.2) is 46.7 Å². The van der Waals surface area contributed by atoms with Crippen molar-refractivity contribution < 1.29 is 23.9 Å². The predicted octanol–water partition coefficient (Wildman–Crippen LogP) is 2.17. The normalized spacial score (nSPS) is 10.6. The fourth-order valence-corrected chi connectivity index (χ4v) is 2.80. The van der Waals surface area contributed by atoms with E-state index in [1.54, 1.807) is 4.52 Å². The van der Waals surface area contributed by atoms with Crippen molar-refractivity contribution in [1.29, 1.82) is 0 Å². The van der Waals surface area contributed by atoms with Gasteiger partial charge in [0.1, 0.15) is 5.56 Å². The number of carbonyl (C=O) groups is 3. The van der Waals surface area contributed by atoms with Gasteiger partial charge in [0.2, 0.25) is 0 Å². The molecule has 9 heteroatoms. The van der Waals surface area contributed by atoms with Gasteiger partial charge in [-0.15, -0.1) is 0 Å². The monoisotopic (exact) mass is 382 g/mol. The maximum absolute atomic E-state index is 12.8. The van der Waals surface area contributed by atoms with Crippen LogP contribution in [0, 0.1) is 13.8 Å². The van der Waals surface area contributed by atoms with E-state index in [0.717, 1.165) is 11.4 Å². The molecule has 3 rings (SSSR count). The van der Waals surface area contributed by atoms with Crippen molar-refractivity contribution in [3.63, 3.8) is 0 Å². The van der Waals surface area contributed by atoms with Gasteiger partial charge in [0.25, 0.3) is 5.91 Å². The van der Waals surface area contributed by atoms with Crippen molar-refractivity contribution in [2.24, 2.45) is 0 Å². The van der Waals surface area contributed by atoms with Crippen LogP contribution in [-0.2, 0) is 9.47 Å². The molecule has 0 aliphatic heterocycles. The van der Waals surface area contributed by atoms with E-state index in [2.05, 4.69) is 15.4 Å². The summed E-state index contributed by atoms with van der Waals surface area (Å²) in [6, 6.07) is 6.00. The van der Waals surface area contributed by atoms with Gasteiger partial charge in [-0.05, 0) is 38.1 Å². The number of benzene rings is 1. The zero-order valence-electron chi connectivity index (χ0n) is 15.8. The van der Waals surface area contributed by atoms with Gasteiger partial charge >= 0.3 is 11.9 Å². The SMILES string of the molecule is COC(=O)c1cc(NC(=O)c2cnn3c(C)cc(C)nc23)cc(C(=O)OC)c1. The summed E-state index contributed by atoms with van der Waals surface area (Å²) in [6.07, 6.45) is 1.41. The molecule has 0 spiro atoms. The average molecular weight is 382 g/mol. The second-order valence-electron chi connectivity index (χ2n) is 6.07. The molecule has 3 aromatic rings. The summed E-state index contributed by atoms with van der Waals surface area (Å²) in [5.74, 6) is -1.78. The topological polar surface area (TPSA) is 112 Å². The highest BCUT2D eigenvalue weighted by atomic mass is 16.5. The molecular weight excluding hydrogens is 364 g/mol. The number of nitrogens with one attached hydrogen (secondary N) is 1. The van der Waals surface area contributed by atoms with Crippen LogP contribution >= 0.6 is 0 Å². The summed E-state index contributed by atoms with van der Waals surface area (Å²) in [6.45, 7) is 3.68. The molecule has 0 saturated heterocycles. The number of aryl methyl sites for hydroxylation is 2. The van der Waals surface area contributed by atoms with Gasteiger partial charge in [-0.2, -0.15) is 5.10 Å². The second kappa shape index (κ2) is 7.47. The number of aromatic nitrogens is 3. The Bertz CT molecular complexity index is 1070. The van der Waals surface area contributed by atoms with Crippen LogP contribution in [0.2, 0.25) is 0 Å². The first-order chi connectivity index (χ1) is 13.3. The lowest BCUT2D eigenvalue weighted by Gasteiger charge is -2.09. The molecule has 2 aromatic heterocycles. The minimum absolute atomic E-state index is 0.102. The van der Waals surface area contributed by atoms with E-state index in [-0.39, 0.29) is 22.4 Å². The van der Waals surface area contributed by atoms with Crippen LogP contribution in [0.25, 0.3) is 5.65 Å². The van der Waals surface area contributed by atoms with Crippen LogP contribution in [0.1, 0.15) is 42.5 Å². The number of carbonyl (C=O) groups excluding carboxylic acids is 3. The van der Waals surface area contributed by atoms with Gasteiger partial charge in [-0.1, -0.05) is 0 Å². The number of esters is 2. The van der Waals surface area contributed by atoms with Crippen LogP contribution in [0.15, 0.2) is 30.5 Å². The number of hydrogen-bond acceptors (Lipinski definition) is 7. The highest BCUT2D eigenvalue weighted by Crippen LogP contribution is 2.19. The number of hydrogen-bond donors (Lipinski definition) is 1. The predicted molar refractivity (Wildman–Crippen MR) is 99.5 cm³/mol. The molecule has 0 aliphatic carbocycles. The van der Waals surface area contributed by atoms with E-state index in [1.807, 2.05) is 19.9 Å². The highest BCUT2D eigenvalue weighted by Gasteiger charge is 2.18. The molecule has 0 saturated carbocycles. The van der Waals surface area contributed by atoms with Crippen molar-refractivity contribution in [2.45, 2.75) is 13.8 Å². The molecule has 144 valence electrons. The Morgan fingerprint density at radius 2 is 1.57 bits per heavy atom. The number of rotatable bonds is 4. The third-order valence-corrected chi connectivity index (χ3v) is 4.06. The smallest absolute Gasteiger partial charge is 0.337 e. The standard InChI is InChI=1S/C19H18N4O5/c1-10-5-11(2)23-16(21-10)15(9-20-23)17(24)22-14-7-12(18(25)27-3)6-13(8-14)19(26)28-4/h5-9H,1-4H3,(H,22,24). The summed E-state index contributed by atoms with van der Waals surface area (Å²) in [7, 11) is 2.45. The lowest BCUT2D eigenvalue weighted by molar-refractivity contribution is 0.0599. The Hall–Kier alpha value is -3.75. The number of methoxy groups -OCH3 is 2. The van der Waals surface area contributed by atoms with Crippen LogP contribution in [0.3, 0.4) is 0 Å². The first kappa shape index (κ1) is 19.0. The van der Waals surface area contributed by atoms with Crippen molar-refractivity contribution in [3.8, 4) is 0 Å². The third-order valence-electron chi connectivity index (χ3n) is 4.06. The largest absolute Gasteiger partial charge is 0.465 e. The van der Waals surface area contributed by atoms with E-state index >= 15 is 0 Å². The molecule has 0 atom stereocenters. The van der Waals surface area contributed by atoms with Crippen LogP contribution in [0.5, 0.6) is 0 Å². The maximum Gasteiger partial charge on any atom is 0.337 e. The Morgan fingerprint density at radius 3 is 2.14 bits per heavy atom. The molecule has 9 nitrogen and oxygen atoms in total. The van der Waals surface area contributed by atoms with Gasteiger partial charge in [0.05, 0.1) is 31.5 Å². The molecule has 0 bridgehead atoms. The fourth-order valence-electron chi connectivity index (χ4n) is 2.80. The molecule has 0 aliphatic rings. The first-order valence-electron chi connectivity index (χ1n) is 8.29. The van der Waals surface area contributed by atoms with E-state index in [9.17, 15) is 14.4 Å². The molecule has 0 radical (unpaired) electrons. The van der Waals surface area contributed by atoms with Crippen molar-refractivity contribution in [3.05, 3.63) is 58.5 Å². The number of anilines is 1. The minimum Gasteiger partial charge on any atom is -0.465 e. The zero-order chi connectivity index (χ0) is 20.4. The van der Waals surface area contributed by atoms with E-state index < -0.39 is 17.8 Å². The van der Waals surface area contributed by atoms with Crippen LogP contribution in [0.4, 0.5) is 5.69 Å². The molecule has 0 fully saturated rings. The summed E-state index contributed by atoms with van der Waals surface area (Å²) in [5.41, 5.74) is 2.69. The quantitative estimate of drug-likeness (QED) is 0.688. The number of nitrogens with zero attached hydrogens (tertiary/aromatic N) is 3. The lowest BCUT2D eigenvalue weighted by atomic mass is 10.1. The van der Waals surface area contributed by atoms with E-state index in [4.69, 9.17) is 9.47 Å². The Morgan fingerprint density at radius 1 is 0.964 bits per heavy atom. The minimum atomic E-state index is -0.648. The summed E-state index contributed by atoms with van der Waals surface area (Å²) >= 11 is 0. The Labute approximate surface area is 160 Å². The van der Waals surface area contributed by atoms with Crippen molar-refractivity contribution in [2.75, 3.05) is 19.5 Å².